The molecule has 0 fully saturated rings. The van der Waals surface area contributed by atoms with E-state index < -0.39 is 0 Å². The van der Waals surface area contributed by atoms with Gasteiger partial charge < -0.3 is 9.84 Å². The summed E-state index contributed by atoms with van der Waals surface area (Å²) in [6, 6.07) is 7.00. The quantitative estimate of drug-likeness (QED) is 0.600. The highest BCUT2D eigenvalue weighted by Gasteiger charge is 2.02. The van der Waals surface area contributed by atoms with Crippen molar-refractivity contribution >= 4 is 17.7 Å². The SMILES string of the molecule is CCCCOC(=O)CSCc1ccc(O)cc1. The van der Waals surface area contributed by atoms with Crippen molar-refractivity contribution in [3.8, 4) is 5.75 Å². The molecule has 17 heavy (non-hydrogen) atoms. The number of unbranched alkanes of at least 4 members (excludes halogenated alkanes) is 1. The van der Waals surface area contributed by atoms with Gasteiger partial charge in [0.1, 0.15) is 5.75 Å². The Bertz CT molecular complexity index is 335. The molecule has 0 unspecified atom stereocenters. The fourth-order valence-corrected chi connectivity index (χ4v) is 2.00. The minimum absolute atomic E-state index is 0.151. The lowest BCUT2D eigenvalue weighted by Gasteiger charge is -2.04. The summed E-state index contributed by atoms with van der Waals surface area (Å²) in [5.74, 6) is 1.24. The normalized spacial score (nSPS) is 10.2. The Balaban J connectivity index is 2.14. The van der Waals surface area contributed by atoms with Crippen molar-refractivity contribution in [2.24, 2.45) is 0 Å². The number of hydrogen-bond acceptors (Lipinski definition) is 4. The number of ether oxygens (including phenoxy) is 1. The summed E-state index contributed by atoms with van der Waals surface area (Å²) in [6.45, 7) is 2.59. The molecule has 0 aromatic heterocycles. The van der Waals surface area contributed by atoms with Crippen molar-refractivity contribution in [1.29, 1.82) is 0 Å². The zero-order valence-electron chi connectivity index (χ0n) is 10.0. The van der Waals surface area contributed by atoms with Crippen LogP contribution in [0, 0.1) is 0 Å². The minimum Gasteiger partial charge on any atom is -0.508 e. The van der Waals surface area contributed by atoms with Crippen molar-refractivity contribution in [1.82, 2.24) is 0 Å². The maximum absolute atomic E-state index is 11.3. The summed E-state index contributed by atoms with van der Waals surface area (Å²) in [6.07, 6.45) is 1.96. The predicted molar refractivity (Wildman–Crippen MR) is 70.1 cm³/mol. The molecule has 0 spiro atoms. The molecule has 1 aromatic carbocycles. The van der Waals surface area contributed by atoms with Crippen LogP contribution in [0.3, 0.4) is 0 Å². The van der Waals surface area contributed by atoms with Crippen LogP contribution in [0.1, 0.15) is 25.3 Å². The lowest BCUT2D eigenvalue weighted by atomic mass is 10.2. The zero-order chi connectivity index (χ0) is 12.5. The van der Waals surface area contributed by atoms with Gasteiger partial charge in [-0.3, -0.25) is 4.79 Å². The van der Waals surface area contributed by atoms with Gasteiger partial charge in [-0.15, -0.1) is 11.8 Å². The van der Waals surface area contributed by atoms with Gasteiger partial charge in [0, 0.05) is 5.75 Å². The Kier molecular flexibility index (Phi) is 6.55. The molecule has 0 aliphatic rings. The molecule has 1 N–H and O–H groups in total. The molecular formula is C13H18O3S. The lowest BCUT2D eigenvalue weighted by Crippen LogP contribution is -2.08. The van der Waals surface area contributed by atoms with Gasteiger partial charge in [0.2, 0.25) is 0 Å². The first-order valence-electron chi connectivity index (χ1n) is 5.73. The second-order valence-corrected chi connectivity index (χ2v) is 4.72. The van der Waals surface area contributed by atoms with Gasteiger partial charge >= 0.3 is 5.97 Å². The highest BCUT2D eigenvalue weighted by atomic mass is 32.2. The Morgan fingerprint density at radius 3 is 2.71 bits per heavy atom. The molecule has 0 saturated heterocycles. The van der Waals surface area contributed by atoms with Gasteiger partial charge in [-0.05, 0) is 24.1 Å². The molecule has 0 atom stereocenters. The average molecular weight is 254 g/mol. The summed E-state index contributed by atoms with van der Waals surface area (Å²) >= 11 is 1.52. The Morgan fingerprint density at radius 1 is 1.35 bits per heavy atom. The fourth-order valence-electron chi connectivity index (χ4n) is 1.22. The third kappa shape index (κ3) is 6.22. The van der Waals surface area contributed by atoms with Crippen molar-refractivity contribution in [3.05, 3.63) is 29.8 Å². The van der Waals surface area contributed by atoms with Crippen molar-refractivity contribution < 1.29 is 14.6 Å². The Labute approximate surface area is 106 Å². The molecule has 4 heteroatoms. The molecule has 3 nitrogen and oxygen atoms in total. The second kappa shape index (κ2) is 8.01. The molecule has 0 amide bonds. The molecule has 0 heterocycles. The number of rotatable bonds is 7. The summed E-state index contributed by atoms with van der Waals surface area (Å²) in [7, 11) is 0. The summed E-state index contributed by atoms with van der Waals surface area (Å²) < 4.78 is 5.04. The van der Waals surface area contributed by atoms with E-state index in [4.69, 9.17) is 9.84 Å². The average Bonchev–Trinajstić information content (AvgIpc) is 2.32. The van der Waals surface area contributed by atoms with Crippen LogP contribution in [-0.2, 0) is 15.3 Å². The van der Waals surface area contributed by atoms with E-state index in [-0.39, 0.29) is 11.7 Å². The van der Waals surface area contributed by atoms with E-state index in [1.807, 2.05) is 12.1 Å². The molecule has 94 valence electrons. The van der Waals surface area contributed by atoms with E-state index in [1.54, 1.807) is 12.1 Å². The fraction of sp³-hybridized carbons (Fsp3) is 0.462. The van der Waals surface area contributed by atoms with Crippen LogP contribution in [-0.4, -0.2) is 23.4 Å². The Morgan fingerprint density at radius 2 is 2.06 bits per heavy atom. The molecule has 0 radical (unpaired) electrons. The number of carbonyl (C=O) groups is 1. The zero-order valence-corrected chi connectivity index (χ0v) is 10.8. The smallest absolute Gasteiger partial charge is 0.315 e. The van der Waals surface area contributed by atoms with Crippen molar-refractivity contribution in [2.75, 3.05) is 12.4 Å². The molecule has 0 aliphatic carbocycles. The van der Waals surface area contributed by atoms with E-state index in [2.05, 4.69) is 6.92 Å². The molecule has 0 bridgehead atoms. The predicted octanol–water partition coefficient (Wildman–Crippen LogP) is 2.97. The van der Waals surface area contributed by atoms with Gasteiger partial charge in [-0.1, -0.05) is 25.5 Å². The number of esters is 1. The van der Waals surface area contributed by atoms with E-state index >= 15 is 0 Å². The first-order chi connectivity index (χ1) is 8.22. The number of hydrogen-bond donors (Lipinski definition) is 1. The van der Waals surface area contributed by atoms with Gasteiger partial charge in [-0.2, -0.15) is 0 Å². The molecular weight excluding hydrogens is 236 g/mol. The standard InChI is InChI=1S/C13H18O3S/c1-2-3-8-16-13(15)10-17-9-11-4-6-12(14)7-5-11/h4-7,14H,2-3,8-10H2,1H3. The van der Waals surface area contributed by atoms with Crippen LogP contribution in [0.25, 0.3) is 0 Å². The van der Waals surface area contributed by atoms with Gasteiger partial charge in [0.25, 0.3) is 0 Å². The van der Waals surface area contributed by atoms with Crippen LogP contribution in [0.2, 0.25) is 0 Å². The minimum atomic E-state index is -0.151. The van der Waals surface area contributed by atoms with E-state index in [0.29, 0.717) is 12.4 Å². The number of phenolic OH excluding ortho intramolecular Hbond substituents is 1. The molecule has 1 rings (SSSR count). The van der Waals surface area contributed by atoms with Crippen LogP contribution in [0.5, 0.6) is 5.75 Å². The first kappa shape index (κ1) is 13.9. The monoisotopic (exact) mass is 254 g/mol. The van der Waals surface area contributed by atoms with Gasteiger partial charge in [-0.25, -0.2) is 0 Å². The Hall–Kier alpha value is -1.16. The van der Waals surface area contributed by atoms with Crippen LogP contribution >= 0.6 is 11.8 Å². The largest absolute Gasteiger partial charge is 0.508 e. The number of thioether (sulfide) groups is 1. The number of aromatic hydroxyl groups is 1. The first-order valence-corrected chi connectivity index (χ1v) is 6.89. The highest BCUT2D eigenvalue weighted by Crippen LogP contribution is 2.15. The maximum atomic E-state index is 11.3. The van der Waals surface area contributed by atoms with Gasteiger partial charge in [0.05, 0.1) is 12.4 Å². The number of phenols is 1. The number of carbonyl (C=O) groups excluding carboxylic acids is 1. The van der Waals surface area contributed by atoms with E-state index in [1.165, 1.54) is 11.8 Å². The summed E-state index contributed by atoms with van der Waals surface area (Å²) in [5.41, 5.74) is 1.09. The van der Waals surface area contributed by atoms with Crippen LogP contribution < -0.4 is 0 Å². The van der Waals surface area contributed by atoms with E-state index in [0.717, 1.165) is 24.2 Å². The van der Waals surface area contributed by atoms with Gasteiger partial charge in [0.15, 0.2) is 0 Å². The highest BCUT2D eigenvalue weighted by molar-refractivity contribution is 7.99. The second-order valence-electron chi connectivity index (χ2n) is 3.73. The summed E-state index contributed by atoms with van der Waals surface area (Å²) in [4.78, 5) is 11.3. The molecule has 0 aliphatic heterocycles. The topological polar surface area (TPSA) is 46.5 Å². The number of benzene rings is 1. The third-order valence-corrected chi connectivity index (χ3v) is 3.16. The van der Waals surface area contributed by atoms with Crippen LogP contribution in [0.4, 0.5) is 0 Å². The lowest BCUT2D eigenvalue weighted by molar-refractivity contribution is -0.140. The maximum Gasteiger partial charge on any atom is 0.315 e. The van der Waals surface area contributed by atoms with Crippen molar-refractivity contribution in [2.45, 2.75) is 25.5 Å². The molecule has 1 aromatic rings. The van der Waals surface area contributed by atoms with Crippen molar-refractivity contribution in [3.63, 3.8) is 0 Å². The molecule has 0 saturated carbocycles. The van der Waals surface area contributed by atoms with Crippen LogP contribution in [0.15, 0.2) is 24.3 Å². The third-order valence-electron chi connectivity index (χ3n) is 2.19. The summed E-state index contributed by atoms with van der Waals surface area (Å²) in [5, 5.41) is 9.11. The van der Waals surface area contributed by atoms with E-state index in [9.17, 15) is 4.79 Å².